The van der Waals surface area contributed by atoms with Gasteiger partial charge in [-0.05, 0) is 107 Å². The van der Waals surface area contributed by atoms with Gasteiger partial charge in [0.15, 0.2) is 0 Å². The molecule has 0 aliphatic carbocycles. The van der Waals surface area contributed by atoms with Gasteiger partial charge in [0.1, 0.15) is 20.2 Å². The normalized spacial score (nSPS) is 11.9. The van der Waals surface area contributed by atoms with Crippen molar-refractivity contribution in [2.24, 2.45) is 0 Å². The Bertz CT molecular complexity index is 2500. The minimum absolute atomic E-state index is 0. The maximum Gasteiger partial charge on any atom is 2.00 e. The van der Waals surface area contributed by atoms with Crippen molar-refractivity contribution in [3.8, 4) is 0 Å². The van der Waals surface area contributed by atoms with Gasteiger partial charge in [0, 0.05) is 0 Å². The molecule has 4 aromatic rings. The molecule has 0 atom stereocenters. The van der Waals surface area contributed by atoms with Crippen LogP contribution in [0.2, 0.25) is 0 Å². The molecule has 0 radical (unpaired) electrons. The summed E-state index contributed by atoms with van der Waals surface area (Å²) in [4.78, 5) is -0.146. The Balaban J connectivity index is 0.000000653. The van der Waals surface area contributed by atoms with Crippen LogP contribution in [0.5, 0.6) is 0 Å². The van der Waals surface area contributed by atoms with Crippen molar-refractivity contribution in [2.75, 3.05) is 0 Å². The third-order valence-corrected chi connectivity index (χ3v) is 22.8. The molecule has 9 heteroatoms. The quantitative estimate of drug-likeness (QED) is 0.0247. The van der Waals surface area contributed by atoms with Crippen LogP contribution in [0.25, 0.3) is 21.5 Å². The van der Waals surface area contributed by atoms with Crippen molar-refractivity contribution in [1.29, 1.82) is 0 Å². The maximum absolute atomic E-state index is 12.0. The van der Waals surface area contributed by atoms with E-state index in [2.05, 4.69) is 39.8 Å². The summed E-state index contributed by atoms with van der Waals surface area (Å²) >= 11 is 0. The van der Waals surface area contributed by atoms with Crippen LogP contribution < -0.4 is 0 Å². The van der Waals surface area contributed by atoms with Crippen molar-refractivity contribution < 1.29 is 25.9 Å². The first kappa shape index (κ1) is 91.9. The van der Waals surface area contributed by atoms with Gasteiger partial charge in [-0.25, -0.2) is 16.8 Å². The van der Waals surface area contributed by atoms with Crippen molar-refractivity contribution in [3.63, 3.8) is 0 Å². The van der Waals surface area contributed by atoms with Crippen LogP contribution in [0.3, 0.4) is 0 Å². The van der Waals surface area contributed by atoms with Crippen LogP contribution >= 0.6 is 0 Å². The van der Waals surface area contributed by atoms with Crippen molar-refractivity contribution in [1.82, 2.24) is 0 Å². The summed E-state index contributed by atoms with van der Waals surface area (Å²) < 4.78 is 72.1. The number of hydrogen-bond acceptors (Lipinski definition) is 6. The largest absolute Gasteiger partial charge is 2.00 e. The van der Waals surface area contributed by atoms with E-state index in [0.717, 1.165) is 62.1 Å². The molecule has 0 aromatic heterocycles. The Morgan fingerprint density at radius 1 is 0.216 bits per heavy atom. The van der Waals surface area contributed by atoms with Crippen LogP contribution in [0.15, 0.2) is 70.5 Å². The second-order valence-electron chi connectivity index (χ2n) is 29.9. The van der Waals surface area contributed by atoms with E-state index >= 15 is 0 Å². The van der Waals surface area contributed by atoms with Crippen LogP contribution in [0.1, 0.15) is 435 Å². The molecule has 97 heavy (non-hydrogen) atoms. The Labute approximate surface area is 642 Å². The van der Waals surface area contributed by atoms with E-state index in [9.17, 15) is 25.9 Å². The molecule has 4 aromatic carbocycles. The predicted molar refractivity (Wildman–Crippen MR) is 424 cm³/mol. The molecule has 0 amide bonds. The monoisotopic (exact) mass is 1500 g/mol. The second-order valence-corrected chi connectivity index (χ2v) is 32.6. The maximum atomic E-state index is 12.0. The summed E-state index contributed by atoms with van der Waals surface area (Å²) in [5.41, 5.74) is 4.89. The molecule has 0 unspecified atom stereocenters. The zero-order chi connectivity index (χ0) is 69.1. The minimum atomic E-state index is -4.50. The van der Waals surface area contributed by atoms with E-state index in [1.807, 2.05) is 36.4 Å². The van der Waals surface area contributed by atoms with Crippen LogP contribution in [-0.2, 0) is 45.9 Å². The van der Waals surface area contributed by atoms with Gasteiger partial charge in [-0.15, -0.1) is 0 Å². The fourth-order valence-corrected chi connectivity index (χ4v) is 16.2. The molecule has 4 rings (SSSR count). The Hall–Kier alpha value is -1.21. The number of fused-ring (bicyclic) bond motifs is 2. The van der Waals surface area contributed by atoms with Gasteiger partial charge in [0.25, 0.3) is 0 Å². The third-order valence-electron chi connectivity index (χ3n) is 21.0. The molecule has 0 aliphatic rings. The zero-order valence-corrected chi connectivity index (χ0v) is 70.1. The number of unbranched alkanes of at least 4 members (excludes halogenated alkanes) is 56. The zero-order valence-electron chi connectivity index (χ0n) is 64.0. The average Bonchev–Trinajstić information content (AvgIpc) is 0.789. The van der Waals surface area contributed by atoms with Gasteiger partial charge in [0.2, 0.25) is 0 Å². The molecule has 0 saturated heterocycles. The van der Waals surface area contributed by atoms with E-state index in [1.165, 1.54) is 382 Å². The van der Waals surface area contributed by atoms with E-state index < -0.39 is 20.2 Å². The van der Waals surface area contributed by atoms with Crippen molar-refractivity contribution >= 4 is 90.7 Å². The molecule has 0 saturated carbocycles. The van der Waals surface area contributed by atoms with Gasteiger partial charge in [0.05, 0.1) is 9.79 Å². The van der Waals surface area contributed by atoms with Crippen molar-refractivity contribution in [2.45, 2.75) is 448 Å². The number of benzene rings is 4. The molecule has 552 valence electrons. The Morgan fingerprint density at radius 2 is 0.392 bits per heavy atom. The molecule has 6 nitrogen and oxygen atoms in total. The van der Waals surface area contributed by atoms with Gasteiger partial charge < -0.3 is 9.11 Å². The first-order valence-corrected chi connectivity index (χ1v) is 44.8. The van der Waals surface area contributed by atoms with Gasteiger partial charge in [-0.1, -0.05) is 436 Å². The summed E-state index contributed by atoms with van der Waals surface area (Å²) in [5, 5.41) is 3.14. The molecule has 0 fully saturated rings. The van der Waals surface area contributed by atoms with Crippen LogP contribution in [0.4, 0.5) is 0 Å². The summed E-state index contributed by atoms with van der Waals surface area (Å²) in [5.74, 6) is 0. The second kappa shape index (κ2) is 63.3. The van der Waals surface area contributed by atoms with Crippen LogP contribution in [0, 0.1) is 0 Å². The summed E-state index contributed by atoms with van der Waals surface area (Å²) in [6.07, 6.45) is 85.3. The van der Waals surface area contributed by atoms with E-state index in [1.54, 1.807) is 12.1 Å². The van der Waals surface area contributed by atoms with E-state index in [-0.39, 0.29) is 58.7 Å². The number of hydrogen-bond donors (Lipinski definition) is 0. The standard InChI is InChI=1S/2C44H76O3S.Ba/c2*1-3-5-7-9-11-13-15-17-19-21-23-25-27-29-31-33-40-35-37-42-43(39-40)41(36-38-44(42)48(45,46)47)34-32-30-28-26-24-22-20-18-16-14-12-10-8-6-4-2;/h2*35-39H,3-34H2,1-2H3,(H,45,46,47);/q;;+2/p-2. The first-order valence-electron chi connectivity index (χ1n) is 41.9. The topological polar surface area (TPSA) is 114 Å². The molecule has 0 bridgehead atoms. The van der Waals surface area contributed by atoms with E-state index in [4.69, 9.17) is 0 Å². The molecule has 0 spiro atoms. The molecular formula is C88H150BaO6S2. The summed E-state index contributed by atoms with van der Waals surface area (Å²) in [6.45, 7) is 9.13. The summed E-state index contributed by atoms with van der Waals surface area (Å²) in [6, 6.07) is 19.1. The Morgan fingerprint density at radius 3 is 0.577 bits per heavy atom. The first-order chi connectivity index (χ1) is 46.9. The summed E-state index contributed by atoms with van der Waals surface area (Å²) in [7, 11) is -9.01. The fraction of sp³-hybridized carbons (Fsp3) is 0.773. The minimum Gasteiger partial charge on any atom is -0.744 e. The Kier molecular flexibility index (Phi) is 59.9. The number of aryl methyl sites for hydroxylation is 4. The smallest absolute Gasteiger partial charge is 0.744 e. The SMILES string of the molecule is CCCCCCCCCCCCCCCCCc1ccc2c(S(=O)(=O)[O-])ccc(CCCCCCCCCCCCCCCCC)c2c1.CCCCCCCCCCCCCCCCCc1ccc2c(S(=O)(=O)[O-])ccc(CCCCCCCCCCCCCCCCC)c2c1.[Ba+2]. The molecule has 0 heterocycles. The van der Waals surface area contributed by atoms with Gasteiger partial charge in [-0.2, -0.15) is 0 Å². The van der Waals surface area contributed by atoms with E-state index in [0.29, 0.717) is 10.8 Å². The van der Waals surface area contributed by atoms with Crippen molar-refractivity contribution in [3.05, 3.63) is 82.9 Å². The molecule has 0 N–H and O–H groups in total. The number of rotatable bonds is 66. The van der Waals surface area contributed by atoms with Gasteiger partial charge >= 0.3 is 48.9 Å². The third kappa shape index (κ3) is 47.7. The molecule has 0 aliphatic heterocycles. The van der Waals surface area contributed by atoms with Crippen LogP contribution in [-0.4, -0.2) is 74.8 Å². The average molecular weight is 1510 g/mol. The fourth-order valence-electron chi connectivity index (χ4n) is 14.8. The predicted octanol–water partition coefficient (Wildman–Crippen LogP) is 28.8. The van der Waals surface area contributed by atoms with Gasteiger partial charge in [-0.3, -0.25) is 0 Å². The molecular weight excluding hydrogens is 1350 g/mol.